The van der Waals surface area contributed by atoms with Crippen molar-refractivity contribution in [1.82, 2.24) is 10.2 Å². The first-order valence-corrected chi connectivity index (χ1v) is 12.3. The van der Waals surface area contributed by atoms with Crippen LogP contribution in [0.5, 0.6) is 5.75 Å². The Morgan fingerprint density at radius 3 is 2.42 bits per heavy atom. The molecule has 1 fully saturated rings. The zero-order valence-electron chi connectivity index (χ0n) is 21.4. The van der Waals surface area contributed by atoms with Crippen molar-refractivity contribution in [1.29, 1.82) is 0 Å². The molecule has 0 aromatic heterocycles. The minimum absolute atomic E-state index is 0.0291. The number of methoxy groups -OCH3 is 1. The lowest BCUT2D eigenvalue weighted by Crippen LogP contribution is -2.50. The summed E-state index contributed by atoms with van der Waals surface area (Å²) in [5.74, 6) is -1.83. The number of rotatable bonds is 10. The van der Waals surface area contributed by atoms with Crippen LogP contribution in [-0.2, 0) is 14.3 Å². The topological polar surface area (TPSA) is 97.0 Å². The summed E-state index contributed by atoms with van der Waals surface area (Å²) < 4.78 is 25.1. The molecule has 9 heteroatoms. The van der Waals surface area contributed by atoms with E-state index in [4.69, 9.17) is 9.47 Å². The molecule has 2 N–H and O–H groups in total. The fourth-order valence-electron chi connectivity index (χ4n) is 4.42. The van der Waals surface area contributed by atoms with Crippen LogP contribution in [0.2, 0.25) is 0 Å². The summed E-state index contributed by atoms with van der Waals surface area (Å²) in [5, 5.41) is 5.27. The average molecular weight is 520 g/mol. The van der Waals surface area contributed by atoms with Crippen molar-refractivity contribution in [2.75, 3.05) is 25.6 Å². The van der Waals surface area contributed by atoms with E-state index in [2.05, 4.69) is 10.6 Å². The molecular weight excluding hydrogens is 489 g/mol. The number of carbonyl (C=O) groups excluding carboxylic acids is 3. The van der Waals surface area contributed by atoms with Crippen molar-refractivity contribution in [3.8, 4) is 5.75 Å². The second-order valence-electron chi connectivity index (χ2n) is 9.12. The minimum atomic E-state index is -1.23. The van der Waals surface area contributed by atoms with Gasteiger partial charge in [0.2, 0.25) is 5.91 Å². The third-order valence-corrected chi connectivity index (χ3v) is 6.47. The second-order valence-corrected chi connectivity index (χ2v) is 9.12. The van der Waals surface area contributed by atoms with Gasteiger partial charge < -0.3 is 20.1 Å². The lowest BCUT2D eigenvalue weighted by atomic mass is 9.91. The molecule has 3 aromatic carbocycles. The fourth-order valence-corrected chi connectivity index (χ4v) is 4.42. The number of benzene rings is 3. The molecule has 2 unspecified atom stereocenters. The number of halogens is 1. The van der Waals surface area contributed by atoms with Gasteiger partial charge in [0.25, 0.3) is 5.91 Å². The monoisotopic (exact) mass is 519 g/mol. The number of hydrogen-bond acceptors (Lipinski definition) is 5. The molecule has 0 aliphatic carbocycles. The van der Waals surface area contributed by atoms with Crippen LogP contribution in [0, 0.1) is 12.7 Å². The summed E-state index contributed by atoms with van der Waals surface area (Å²) >= 11 is 0. The highest BCUT2D eigenvalue weighted by atomic mass is 19.1. The quantitative estimate of drug-likeness (QED) is 0.302. The molecule has 0 spiro atoms. The van der Waals surface area contributed by atoms with E-state index in [0.717, 1.165) is 10.5 Å². The Morgan fingerprint density at radius 1 is 1.05 bits per heavy atom. The van der Waals surface area contributed by atoms with Gasteiger partial charge in [-0.1, -0.05) is 55.5 Å². The van der Waals surface area contributed by atoms with E-state index < -0.39 is 41.7 Å². The minimum Gasteiger partial charge on any atom is -0.491 e. The summed E-state index contributed by atoms with van der Waals surface area (Å²) in [6.07, 6.45) is 0. The lowest BCUT2D eigenvalue weighted by molar-refractivity contribution is -0.134. The van der Waals surface area contributed by atoms with Crippen LogP contribution >= 0.6 is 0 Å². The molecule has 4 rings (SSSR count). The van der Waals surface area contributed by atoms with Crippen LogP contribution in [-0.4, -0.2) is 49.1 Å². The lowest BCUT2D eigenvalue weighted by Gasteiger charge is -2.30. The largest absolute Gasteiger partial charge is 0.491 e. The fraction of sp³-hybridized carbons (Fsp3) is 0.276. The number of hydrogen-bond donors (Lipinski definition) is 2. The van der Waals surface area contributed by atoms with Gasteiger partial charge in [0.1, 0.15) is 30.3 Å². The van der Waals surface area contributed by atoms with Gasteiger partial charge in [0.05, 0.1) is 12.3 Å². The summed E-state index contributed by atoms with van der Waals surface area (Å²) in [4.78, 5) is 41.3. The number of aryl methyl sites for hydroxylation is 1. The Labute approximate surface area is 220 Å². The predicted octanol–water partition coefficient (Wildman–Crippen LogP) is 4.56. The number of urea groups is 1. The number of imide groups is 1. The van der Waals surface area contributed by atoms with Crippen LogP contribution in [0.1, 0.15) is 35.6 Å². The van der Waals surface area contributed by atoms with Crippen LogP contribution in [0.15, 0.2) is 72.8 Å². The zero-order valence-corrected chi connectivity index (χ0v) is 21.4. The van der Waals surface area contributed by atoms with E-state index in [1.165, 1.54) is 12.1 Å². The smallest absolute Gasteiger partial charge is 0.325 e. The molecule has 198 valence electrons. The molecule has 1 heterocycles. The van der Waals surface area contributed by atoms with E-state index in [-0.39, 0.29) is 5.69 Å². The molecule has 1 saturated heterocycles. The predicted molar refractivity (Wildman–Crippen MR) is 140 cm³/mol. The van der Waals surface area contributed by atoms with Gasteiger partial charge in [-0.25, -0.2) is 14.1 Å². The molecule has 1 aliphatic heterocycles. The van der Waals surface area contributed by atoms with Gasteiger partial charge in [-0.15, -0.1) is 0 Å². The molecular formula is C29H30FN3O5. The summed E-state index contributed by atoms with van der Waals surface area (Å²) in [7, 11) is 1.58. The van der Waals surface area contributed by atoms with Crippen molar-refractivity contribution in [3.63, 3.8) is 0 Å². The normalized spacial score (nSPS) is 16.6. The molecule has 4 amide bonds. The van der Waals surface area contributed by atoms with Gasteiger partial charge in [-0.2, -0.15) is 0 Å². The van der Waals surface area contributed by atoms with Gasteiger partial charge in [-0.05, 0) is 47.9 Å². The second kappa shape index (κ2) is 11.9. The first kappa shape index (κ1) is 26.8. The van der Waals surface area contributed by atoms with E-state index in [0.29, 0.717) is 30.1 Å². The van der Waals surface area contributed by atoms with Crippen LogP contribution in [0.3, 0.4) is 0 Å². The summed E-state index contributed by atoms with van der Waals surface area (Å²) in [6, 6.07) is 17.4. The van der Waals surface area contributed by atoms with Crippen molar-refractivity contribution in [2.45, 2.75) is 31.8 Å². The zero-order chi connectivity index (χ0) is 27.2. The molecule has 3 aromatic rings. The summed E-state index contributed by atoms with van der Waals surface area (Å²) in [6.45, 7) is 4.30. The number of amides is 4. The standard InChI is InChI=1S/C29H30FN3O5/c1-18-9-14-24(23(30)17-18)31-27(34)26(19(2)20-7-5-4-6-8-20)33-28(35)25(32-29(33)36)21-10-12-22(13-11-21)38-16-15-37-3/h4-14,17,19,25-26H,15-16H2,1-3H3,(H,31,34)(H,32,36)/t19?,25-,26?/m1/s1. The SMILES string of the molecule is COCCOc1ccc([C@H]2NC(=O)N(C(C(=O)Nc3ccc(C)cc3F)C(C)c3ccccc3)C2=O)cc1. The number of nitrogens with one attached hydrogen (secondary N) is 2. The molecule has 3 atom stereocenters. The molecule has 0 radical (unpaired) electrons. The number of carbonyl (C=O) groups is 3. The first-order chi connectivity index (χ1) is 18.3. The third-order valence-electron chi connectivity index (χ3n) is 6.47. The Kier molecular flexibility index (Phi) is 8.38. The number of anilines is 1. The van der Waals surface area contributed by atoms with Crippen molar-refractivity contribution < 1.29 is 28.2 Å². The van der Waals surface area contributed by atoms with Gasteiger partial charge >= 0.3 is 6.03 Å². The Bertz CT molecular complexity index is 1300. The highest BCUT2D eigenvalue weighted by Crippen LogP contribution is 2.32. The first-order valence-electron chi connectivity index (χ1n) is 12.3. The molecule has 0 bridgehead atoms. The van der Waals surface area contributed by atoms with Crippen molar-refractivity contribution in [3.05, 3.63) is 95.3 Å². The maximum atomic E-state index is 14.6. The van der Waals surface area contributed by atoms with Gasteiger partial charge in [-0.3, -0.25) is 9.59 Å². The average Bonchev–Trinajstić information content (AvgIpc) is 3.20. The maximum Gasteiger partial charge on any atom is 0.325 e. The molecule has 0 saturated carbocycles. The highest BCUT2D eigenvalue weighted by molar-refractivity contribution is 6.10. The Hall–Kier alpha value is -4.24. The highest BCUT2D eigenvalue weighted by Gasteiger charge is 2.47. The van der Waals surface area contributed by atoms with E-state index in [1.807, 2.05) is 30.3 Å². The van der Waals surface area contributed by atoms with Crippen molar-refractivity contribution >= 4 is 23.5 Å². The van der Waals surface area contributed by atoms with Gasteiger partial charge in [0.15, 0.2) is 0 Å². The van der Waals surface area contributed by atoms with Crippen LogP contribution in [0.4, 0.5) is 14.9 Å². The van der Waals surface area contributed by atoms with Crippen LogP contribution < -0.4 is 15.4 Å². The van der Waals surface area contributed by atoms with Gasteiger partial charge in [0, 0.05) is 13.0 Å². The molecule has 38 heavy (non-hydrogen) atoms. The third kappa shape index (κ3) is 5.84. The van der Waals surface area contributed by atoms with Crippen LogP contribution in [0.25, 0.3) is 0 Å². The Balaban J connectivity index is 1.62. The Morgan fingerprint density at radius 2 is 1.76 bits per heavy atom. The summed E-state index contributed by atoms with van der Waals surface area (Å²) in [5.41, 5.74) is 1.96. The number of ether oxygens (including phenoxy) is 2. The molecule has 1 aliphatic rings. The van der Waals surface area contributed by atoms with E-state index >= 15 is 0 Å². The maximum absolute atomic E-state index is 14.6. The van der Waals surface area contributed by atoms with E-state index in [1.54, 1.807) is 51.3 Å². The molecule has 8 nitrogen and oxygen atoms in total. The van der Waals surface area contributed by atoms with Crippen molar-refractivity contribution in [2.24, 2.45) is 0 Å². The van der Waals surface area contributed by atoms with E-state index in [9.17, 15) is 18.8 Å². The number of nitrogens with zero attached hydrogens (tertiary/aromatic N) is 1.